The van der Waals surface area contributed by atoms with E-state index in [1.165, 1.54) is 0 Å². The number of nitrogens with zero attached hydrogens (tertiary/aromatic N) is 1. The molecule has 0 saturated heterocycles. The van der Waals surface area contributed by atoms with Gasteiger partial charge in [-0.1, -0.05) is 60.7 Å². The zero-order valence-electron chi connectivity index (χ0n) is 15.0. The van der Waals surface area contributed by atoms with Crippen molar-refractivity contribution in [3.63, 3.8) is 0 Å². The van der Waals surface area contributed by atoms with Crippen molar-refractivity contribution >= 4 is 5.69 Å². The van der Waals surface area contributed by atoms with E-state index in [1.807, 2.05) is 67.6 Å². The van der Waals surface area contributed by atoms with Gasteiger partial charge in [0.1, 0.15) is 5.76 Å². The molecule has 3 heteroatoms. The molecule has 0 amide bonds. The molecule has 3 nitrogen and oxygen atoms in total. The Morgan fingerprint density at radius 3 is 1.88 bits per heavy atom. The van der Waals surface area contributed by atoms with Crippen molar-refractivity contribution in [2.24, 2.45) is 0 Å². The molecule has 0 spiro atoms. The summed E-state index contributed by atoms with van der Waals surface area (Å²) in [5, 5.41) is 0. The van der Waals surface area contributed by atoms with Crippen molar-refractivity contribution in [2.75, 3.05) is 18.0 Å². The number of hydrogen-bond acceptors (Lipinski definition) is 3. The minimum Gasteiger partial charge on any atom is -0.422 e. The van der Waals surface area contributed by atoms with Crippen molar-refractivity contribution in [1.29, 1.82) is 0 Å². The van der Waals surface area contributed by atoms with Gasteiger partial charge in [-0.25, -0.2) is 4.79 Å². The van der Waals surface area contributed by atoms with E-state index in [-0.39, 0.29) is 5.63 Å². The van der Waals surface area contributed by atoms with Crippen LogP contribution >= 0.6 is 0 Å². The SMILES string of the molecule is CCN(CC)c1c(C)c(-c2ccccc2)oc(=O)c1-c1ccccc1. The maximum absolute atomic E-state index is 12.9. The van der Waals surface area contributed by atoms with Crippen LogP contribution in [0.25, 0.3) is 22.5 Å². The molecule has 3 rings (SSSR count). The number of benzene rings is 2. The molecule has 0 aliphatic carbocycles. The summed E-state index contributed by atoms with van der Waals surface area (Å²) in [4.78, 5) is 15.2. The molecule has 0 aliphatic rings. The van der Waals surface area contributed by atoms with Gasteiger partial charge in [0.15, 0.2) is 0 Å². The van der Waals surface area contributed by atoms with Crippen LogP contribution in [0.1, 0.15) is 19.4 Å². The highest BCUT2D eigenvalue weighted by molar-refractivity contribution is 5.83. The van der Waals surface area contributed by atoms with Crippen LogP contribution < -0.4 is 10.5 Å². The van der Waals surface area contributed by atoms with Gasteiger partial charge >= 0.3 is 5.63 Å². The monoisotopic (exact) mass is 333 g/mol. The lowest BCUT2D eigenvalue weighted by Gasteiger charge is -2.26. The van der Waals surface area contributed by atoms with Gasteiger partial charge in [-0.15, -0.1) is 0 Å². The lowest BCUT2D eigenvalue weighted by atomic mass is 9.99. The maximum Gasteiger partial charge on any atom is 0.346 e. The van der Waals surface area contributed by atoms with E-state index in [4.69, 9.17) is 4.42 Å². The summed E-state index contributed by atoms with van der Waals surface area (Å²) in [7, 11) is 0. The molecule has 0 aliphatic heterocycles. The summed E-state index contributed by atoms with van der Waals surface area (Å²) in [5.74, 6) is 0.646. The van der Waals surface area contributed by atoms with Gasteiger partial charge in [0.2, 0.25) is 0 Å². The van der Waals surface area contributed by atoms with Gasteiger partial charge < -0.3 is 9.32 Å². The highest BCUT2D eigenvalue weighted by Crippen LogP contribution is 2.36. The number of anilines is 1. The first-order valence-electron chi connectivity index (χ1n) is 8.70. The van der Waals surface area contributed by atoms with Crippen molar-refractivity contribution < 1.29 is 4.42 Å². The number of hydrogen-bond donors (Lipinski definition) is 0. The molecule has 2 aromatic carbocycles. The summed E-state index contributed by atoms with van der Waals surface area (Å²) in [6.45, 7) is 7.90. The summed E-state index contributed by atoms with van der Waals surface area (Å²) < 4.78 is 5.78. The Hall–Kier alpha value is -2.81. The van der Waals surface area contributed by atoms with Gasteiger partial charge in [-0.2, -0.15) is 0 Å². The third-order valence-corrected chi connectivity index (χ3v) is 4.51. The molecule has 128 valence electrons. The van der Waals surface area contributed by atoms with E-state index in [0.29, 0.717) is 11.3 Å². The van der Waals surface area contributed by atoms with Crippen LogP contribution in [0, 0.1) is 6.92 Å². The second kappa shape index (κ2) is 7.39. The summed E-state index contributed by atoms with van der Waals surface area (Å²) in [6.07, 6.45) is 0. The summed E-state index contributed by atoms with van der Waals surface area (Å²) in [6, 6.07) is 19.6. The van der Waals surface area contributed by atoms with E-state index < -0.39 is 0 Å². The van der Waals surface area contributed by atoms with Gasteiger partial charge in [-0.05, 0) is 26.3 Å². The van der Waals surface area contributed by atoms with Crippen LogP contribution in [0.3, 0.4) is 0 Å². The van der Waals surface area contributed by atoms with E-state index in [9.17, 15) is 4.79 Å². The van der Waals surface area contributed by atoms with Crippen molar-refractivity contribution in [3.05, 3.63) is 76.6 Å². The van der Waals surface area contributed by atoms with Crippen molar-refractivity contribution in [2.45, 2.75) is 20.8 Å². The predicted octanol–water partition coefficient (Wildman–Crippen LogP) is 5.13. The van der Waals surface area contributed by atoms with Gasteiger partial charge in [0.05, 0.1) is 11.3 Å². The molecule has 0 radical (unpaired) electrons. The van der Waals surface area contributed by atoms with E-state index in [1.54, 1.807) is 0 Å². The first kappa shape index (κ1) is 17.0. The van der Waals surface area contributed by atoms with Crippen molar-refractivity contribution in [1.82, 2.24) is 0 Å². The molecule has 0 atom stereocenters. The third-order valence-electron chi connectivity index (χ3n) is 4.51. The molecular formula is C22H23NO2. The maximum atomic E-state index is 12.9. The average molecular weight is 333 g/mol. The van der Waals surface area contributed by atoms with Crippen molar-refractivity contribution in [3.8, 4) is 22.5 Å². The van der Waals surface area contributed by atoms with Crippen LogP contribution in [-0.4, -0.2) is 13.1 Å². The van der Waals surface area contributed by atoms with Crippen LogP contribution in [0.2, 0.25) is 0 Å². The fourth-order valence-electron chi connectivity index (χ4n) is 3.27. The molecule has 25 heavy (non-hydrogen) atoms. The lowest BCUT2D eigenvalue weighted by molar-refractivity contribution is 0.524. The minimum absolute atomic E-state index is 0.294. The highest BCUT2D eigenvalue weighted by atomic mass is 16.4. The fraction of sp³-hybridized carbons (Fsp3) is 0.227. The molecule has 0 fully saturated rings. The van der Waals surface area contributed by atoms with E-state index in [0.717, 1.165) is 35.5 Å². The van der Waals surface area contributed by atoms with Gasteiger partial charge in [0, 0.05) is 24.2 Å². The molecule has 3 aromatic rings. The quantitative estimate of drug-likeness (QED) is 0.649. The second-order valence-electron chi connectivity index (χ2n) is 5.97. The fourth-order valence-corrected chi connectivity index (χ4v) is 3.27. The highest BCUT2D eigenvalue weighted by Gasteiger charge is 2.22. The Morgan fingerprint density at radius 1 is 0.840 bits per heavy atom. The summed E-state index contributed by atoms with van der Waals surface area (Å²) in [5.41, 5.74) is 4.12. The first-order valence-corrected chi connectivity index (χ1v) is 8.70. The zero-order chi connectivity index (χ0) is 17.8. The molecule has 0 unspecified atom stereocenters. The predicted molar refractivity (Wildman–Crippen MR) is 104 cm³/mol. The molecule has 1 aromatic heterocycles. The molecule has 0 N–H and O–H groups in total. The Morgan fingerprint density at radius 2 is 1.36 bits per heavy atom. The largest absolute Gasteiger partial charge is 0.422 e. The van der Waals surface area contributed by atoms with Crippen LogP contribution in [0.15, 0.2) is 69.9 Å². The molecule has 0 bridgehead atoms. The van der Waals surface area contributed by atoms with Crippen LogP contribution in [-0.2, 0) is 0 Å². The van der Waals surface area contributed by atoms with Gasteiger partial charge in [0.25, 0.3) is 0 Å². The summed E-state index contributed by atoms with van der Waals surface area (Å²) >= 11 is 0. The zero-order valence-corrected chi connectivity index (χ0v) is 15.0. The van der Waals surface area contributed by atoms with E-state index in [2.05, 4.69) is 18.7 Å². The standard InChI is InChI=1S/C22H23NO2/c1-4-23(5-2)20-16(3)21(18-14-10-7-11-15-18)25-22(24)19(20)17-12-8-6-9-13-17/h6-15H,4-5H2,1-3H3. The Bertz CT molecular complexity index is 895. The first-order chi connectivity index (χ1) is 12.2. The Balaban J connectivity index is 2.34. The van der Waals surface area contributed by atoms with Crippen LogP contribution in [0.5, 0.6) is 0 Å². The average Bonchev–Trinajstić information content (AvgIpc) is 2.66. The molecular weight excluding hydrogens is 310 g/mol. The van der Waals surface area contributed by atoms with E-state index >= 15 is 0 Å². The Kier molecular flexibility index (Phi) is 5.03. The molecule has 1 heterocycles. The Labute approximate surface area is 148 Å². The normalized spacial score (nSPS) is 10.7. The second-order valence-corrected chi connectivity index (χ2v) is 5.97. The van der Waals surface area contributed by atoms with Gasteiger partial charge in [-0.3, -0.25) is 0 Å². The smallest absolute Gasteiger partial charge is 0.346 e. The lowest BCUT2D eigenvalue weighted by Crippen LogP contribution is -2.26. The minimum atomic E-state index is -0.294. The van der Waals surface area contributed by atoms with Crippen LogP contribution in [0.4, 0.5) is 5.69 Å². The topological polar surface area (TPSA) is 33.5 Å². The number of rotatable bonds is 5. The third kappa shape index (κ3) is 3.22. The molecule has 0 saturated carbocycles.